The highest BCUT2D eigenvalue weighted by Crippen LogP contribution is 2.38. The largest absolute Gasteiger partial charge is 0.354 e. The second-order valence-electron chi connectivity index (χ2n) is 5.67. The summed E-state index contributed by atoms with van der Waals surface area (Å²) in [7, 11) is -0.285. The smallest absolute Gasteiger partial charge is 0.260 e. The van der Waals surface area contributed by atoms with Crippen molar-refractivity contribution in [2.24, 2.45) is 5.92 Å². The molecule has 9 heteroatoms. The van der Waals surface area contributed by atoms with E-state index in [0.29, 0.717) is 5.13 Å². The molecule has 0 saturated carbocycles. The molecule has 1 unspecified atom stereocenters. The summed E-state index contributed by atoms with van der Waals surface area (Å²) >= 11 is 1.25. The van der Waals surface area contributed by atoms with Crippen LogP contribution in [0, 0.1) is 17.4 Å². The number of anilines is 1. The monoisotopic (exact) mass is 344 g/mol. The van der Waals surface area contributed by atoms with Crippen LogP contribution in [-0.2, 0) is 19.4 Å². The molecule has 0 aromatic carbocycles. The standard InChI is InChI=1S/C13H20N4O3S2/c1-9(2)6-13(22(5,19)20,11(18)15-8-14)10-7-21-12(16-10)17(3)4/h7,9H,6H2,1-5H3,(H,15,18). The molecular formula is C13H20N4O3S2. The third kappa shape index (κ3) is 3.39. The summed E-state index contributed by atoms with van der Waals surface area (Å²) in [6, 6.07) is 0. The van der Waals surface area contributed by atoms with Crippen molar-refractivity contribution in [3.05, 3.63) is 11.1 Å². The molecule has 22 heavy (non-hydrogen) atoms. The van der Waals surface area contributed by atoms with Gasteiger partial charge in [-0.15, -0.1) is 11.3 Å². The van der Waals surface area contributed by atoms with E-state index in [1.54, 1.807) is 24.4 Å². The van der Waals surface area contributed by atoms with Crippen molar-refractivity contribution in [1.82, 2.24) is 10.3 Å². The van der Waals surface area contributed by atoms with Gasteiger partial charge in [-0.05, 0) is 12.3 Å². The van der Waals surface area contributed by atoms with Gasteiger partial charge >= 0.3 is 0 Å². The van der Waals surface area contributed by atoms with Gasteiger partial charge in [0, 0.05) is 25.7 Å². The van der Waals surface area contributed by atoms with Crippen LogP contribution in [0.4, 0.5) is 5.13 Å². The third-order valence-electron chi connectivity index (χ3n) is 3.15. The molecule has 0 spiro atoms. The summed E-state index contributed by atoms with van der Waals surface area (Å²) in [6.07, 6.45) is 2.57. The molecule has 1 heterocycles. The molecule has 122 valence electrons. The van der Waals surface area contributed by atoms with Gasteiger partial charge in [0.05, 0.1) is 5.69 Å². The number of rotatable bonds is 6. The lowest BCUT2D eigenvalue weighted by molar-refractivity contribution is -0.123. The van der Waals surface area contributed by atoms with E-state index < -0.39 is 20.5 Å². The topological polar surface area (TPSA) is 103 Å². The predicted octanol–water partition coefficient (Wildman–Crippen LogP) is 1.09. The SMILES string of the molecule is CC(C)CC(C(=O)NC#N)(c1csc(N(C)C)n1)S(C)(=O)=O. The normalized spacial score (nSPS) is 14.2. The maximum Gasteiger partial charge on any atom is 0.260 e. The molecule has 0 bridgehead atoms. The van der Waals surface area contributed by atoms with Crippen LogP contribution >= 0.6 is 11.3 Å². The Bertz CT molecular complexity index is 688. The van der Waals surface area contributed by atoms with Crippen LogP contribution in [-0.4, -0.2) is 39.7 Å². The van der Waals surface area contributed by atoms with Crippen molar-refractivity contribution < 1.29 is 13.2 Å². The van der Waals surface area contributed by atoms with Crippen molar-refractivity contribution >= 4 is 32.2 Å². The van der Waals surface area contributed by atoms with Crippen LogP contribution in [0.3, 0.4) is 0 Å². The van der Waals surface area contributed by atoms with Gasteiger partial charge < -0.3 is 4.90 Å². The molecule has 0 radical (unpaired) electrons. The first-order chi connectivity index (χ1) is 10.1. The predicted molar refractivity (Wildman–Crippen MR) is 86.2 cm³/mol. The van der Waals surface area contributed by atoms with E-state index in [-0.39, 0.29) is 18.0 Å². The molecule has 1 N–H and O–H groups in total. The van der Waals surface area contributed by atoms with Crippen LogP contribution in [0.2, 0.25) is 0 Å². The number of aromatic nitrogens is 1. The molecule has 1 atom stereocenters. The molecule has 7 nitrogen and oxygen atoms in total. The summed E-state index contributed by atoms with van der Waals surface area (Å²) in [4.78, 5) is 18.5. The summed E-state index contributed by atoms with van der Waals surface area (Å²) < 4.78 is 23.1. The Morgan fingerprint density at radius 1 is 1.55 bits per heavy atom. The zero-order chi connectivity index (χ0) is 17.1. The highest BCUT2D eigenvalue weighted by molar-refractivity contribution is 7.92. The summed E-state index contributed by atoms with van der Waals surface area (Å²) in [5, 5.41) is 12.9. The summed E-state index contributed by atoms with van der Waals surface area (Å²) in [6.45, 7) is 3.64. The van der Waals surface area contributed by atoms with Crippen LogP contribution in [0.5, 0.6) is 0 Å². The van der Waals surface area contributed by atoms with Crippen molar-refractivity contribution in [2.75, 3.05) is 25.3 Å². The van der Waals surface area contributed by atoms with E-state index >= 15 is 0 Å². The lowest BCUT2D eigenvalue weighted by Gasteiger charge is -2.29. The Balaban J connectivity index is 3.61. The second kappa shape index (κ2) is 6.62. The summed E-state index contributed by atoms with van der Waals surface area (Å²) in [5.41, 5.74) is 0.158. The Kier molecular flexibility index (Phi) is 5.54. The van der Waals surface area contributed by atoms with Crippen molar-refractivity contribution in [2.45, 2.75) is 25.0 Å². The first-order valence-electron chi connectivity index (χ1n) is 6.58. The van der Waals surface area contributed by atoms with Crippen molar-refractivity contribution in [3.63, 3.8) is 0 Å². The van der Waals surface area contributed by atoms with E-state index in [1.165, 1.54) is 17.5 Å². The Labute approximate surface area is 134 Å². The van der Waals surface area contributed by atoms with Gasteiger partial charge in [-0.25, -0.2) is 13.4 Å². The van der Waals surface area contributed by atoms with E-state index in [0.717, 1.165) is 6.26 Å². The number of carbonyl (C=O) groups is 1. The molecule has 0 fully saturated rings. The zero-order valence-corrected chi connectivity index (χ0v) is 14.9. The van der Waals surface area contributed by atoms with Gasteiger partial charge in [0.1, 0.15) is 0 Å². The highest BCUT2D eigenvalue weighted by Gasteiger charge is 2.52. The second-order valence-corrected chi connectivity index (χ2v) is 8.75. The minimum absolute atomic E-state index is 0.0515. The quantitative estimate of drug-likeness (QED) is 0.612. The van der Waals surface area contributed by atoms with Crippen LogP contribution in [0.15, 0.2) is 5.38 Å². The number of sulfone groups is 1. The fourth-order valence-corrected chi connectivity index (χ4v) is 4.62. The number of hydrogen-bond acceptors (Lipinski definition) is 7. The Morgan fingerprint density at radius 2 is 2.14 bits per heavy atom. The molecular weight excluding hydrogens is 324 g/mol. The van der Waals surface area contributed by atoms with Gasteiger partial charge in [-0.1, -0.05) is 13.8 Å². The van der Waals surface area contributed by atoms with Gasteiger partial charge in [-0.2, -0.15) is 5.26 Å². The van der Waals surface area contributed by atoms with E-state index in [9.17, 15) is 13.2 Å². The van der Waals surface area contributed by atoms with Crippen LogP contribution in [0.1, 0.15) is 26.0 Å². The van der Waals surface area contributed by atoms with E-state index in [1.807, 2.05) is 19.2 Å². The minimum Gasteiger partial charge on any atom is -0.354 e. The number of thiazole rings is 1. The van der Waals surface area contributed by atoms with Gasteiger partial charge in [0.15, 0.2) is 25.9 Å². The minimum atomic E-state index is -3.85. The van der Waals surface area contributed by atoms with Crippen LogP contribution < -0.4 is 10.2 Å². The van der Waals surface area contributed by atoms with E-state index in [2.05, 4.69) is 4.98 Å². The molecule has 0 aliphatic carbocycles. The van der Waals surface area contributed by atoms with Gasteiger partial charge in [-0.3, -0.25) is 10.1 Å². The number of nitrogens with one attached hydrogen (secondary N) is 1. The fraction of sp³-hybridized carbons (Fsp3) is 0.615. The molecule has 0 aliphatic heterocycles. The maximum absolute atomic E-state index is 12.5. The molecule has 1 aromatic heterocycles. The number of nitrogens with zero attached hydrogens (tertiary/aromatic N) is 3. The maximum atomic E-state index is 12.5. The Hall–Kier alpha value is -1.66. The fourth-order valence-electron chi connectivity index (χ4n) is 2.21. The zero-order valence-electron chi connectivity index (χ0n) is 13.2. The number of nitriles is 1. The number of amides is 1. The van der Waals surface area contributed by atoms with Gasteiger partial charge in [0.2, 0.25) is 0 Å². The number of hydrogen-bond donors (Lipinski definition) is 1. The van der Waals surface area contributed by atoms with Crippen molar-refractivity contribution in [3.8, 4) is 6.19 Å². The molecule has 0 saturated heterocycles. The average molecular weight is 344 g/mol. The molecule has 1 amide bonds. The Morgan fingerprint density at radius 3 is 2.50 bits per heavy atom. The third-order valence-corrected chi connectivity index (χ3v) is 5.99. The number of carbonyl (C=O) groups excluding carboxylic acids is 1. The summed E-state index contributed by atoms with van der Waals surface area (Å²) in [5.74, 6) is -0.939. The molecule has 1 rings (SSSR count). The van der Waals surface area contributed by atoms with E-state index in [4.69, 9.17) is 5.26 Å². The van der Waals surface area contributed by atoms with Crippen molar-refractivity contribution in [1.29, 1.82) is 5.26 Å². The average Bonchev–Trinajstić information content (AvgIpc) is 2.84. The lowest BCUT2D eigenvalue weighted by Crippen LogP contribution is -2.49. The van der Waals surface area contributed by atoms with Crippen LogP contribution in [0.25, 0.3) is 0 Å². The molecule has 1 aromatic rings. The van der Waals surface area contributed by atoms with Gasteiger partial charge in [0.25, 0.3) is 5.91 Å². The first kappa shape index (κ1) is 18.4. The first-order valence-corrected chi connectivity index (χ1v) is 9.35. The lowest BCUT2D eigenvalue weighted by atomic mass is 9.92. The highest BCUT2D eigenvalue weighted by atomic mass is 32.2. The molecule has 0 aliphatic rings.